The Morgan fingerprint density at radius 1 is 1.33 bits per heavy atom. The van der Waals surface area contributed by atoms with Crippen LogP contribution in [0.1, 0.15) is 46.0 Å². The molecule has 0 spiro atoms. The summed E-state index contributed by atoms with van der Waals surface area (Å²) in [6.45, 7) is 3.87. The molecule has 1 aromatic carbocycles. The minimum absolute atomic E-state index is 0.109. The normalized spacial score (nSPS) is 13.3. The van der Waals surface area contributed by atoms with Crippen LogP contribution < -0.4 is 10.5 Å². The van der Waals surface area contributed by atoms with Crippen LogP contribution in [-0.4, -0.2) is 14.5 Å². The molecular formula is C14H22ClFN2O2S. The summed E-state index contributed by atoms with van der Waals surface area (Å²) < 4.78 is 40.7. The average Bonchev–Trinajstić information content (AvgIpc) is 2.38. The van der Waals surface area contributed by atoms with Gasteiger partial charge in [-0.3, -0.25) is 0 Å². The van der Waals surface area contributed by atoms with Gasteiger partial charge in [0.15, 0.2) is 5.82 Å². The molecule has 0 aliphatic rings. The summed E-state index contributed by atoms with van der Waals surface area (Å²) in [5.74, 6) is -0.975. The van der Waals surface area contributed by atoms with E-state index in [1.807, 2.05) is 0 Å². The fourth-order valence-electron chi connectivity index (χ4n) is 2.04. The second kappa shape index (κ2) is 7.96. The van der Waals surface area contributed by atoms with Crippen molar-refractivity contribution in [2.24, 2.45) is 0 Å². The summed E-state index contributed by atoms with van der Waals surface area (Å²) >= 11 is 5.63. The van der Waals surface area contributed by atoms with Crippen LogP contribution in [0.15, 0.2) is 17.0 Å². The smallest absolute Gasteiger partial charge is 0.243 e. The third-order valence-corrected chi connectivity index (χ3v) is 5.02. The molecule has 21 heavy (non-hydrogen) atoms. The van der Waals surface area contributed by atoms with Crippen molar-refractivity contribution in [3.63, 3.8) is 0 Å². The van der Waals surface area contributed by atoms with Crippen molar-refractivity contribution < 1.29 is 12.8 Å². The Morgan fingerprint density at radius 3 is 2.62 bits per heavy atom. The molecule has 0 saturated heterocycles. The summed E-state index contributed by atoms with van der Waals surface area (Å²) in [5.41, 5.74) is 5.63. The van der Waals surface area contributed by atoms with E-state index >= 15 is 0 Å². The maximum atomic E-state index is 13.9. The zero-order chi connectivity index (χ0) is 16.0. The van der Waals surface area contributed by atoms with Gasteiger partial charge in [-0.15, -0.1) is 0 Å². The number of hydrogen-bond acceptors (Lipinski definition) is 3. The van der Waals surface area contributed by atoms with Crippen LogP contribution in [0.4, 0.5) is 10.1 Å². The molecule has 1 unspecified atom stereocenters. The van der Waals surface area contributed by atoms with Gasteiger partial charge in [0.05, 0.1) is 5.02 Å². The molecule has 4 nitrogen and oxygen atoms in total. The van der Waals surface area contributed by atoms with Crippen LogP contribution in [0.3, 0.4) is 0 Å². The lowest BCUT2D eigenvalue weighted by molar-refractivity contribution is 0.515. The number of benzene rings is 1. The number of hydrogen-bond donors (Lipinski definition) is 2. The highest BCUT2D eigenvalue weighted by Crippen LogP contribution is 2.26. The van der Waals surface area contributed by atoms with E-state index in [-0.39, 0.29) is 16.8 Å². The maximum Gasteiger partial charge on any atom is 0.243 e. The van der Waals surface area contributed by atoms with Gasteiger partial charge in [0.1, 0.15) is 4.90 Å². The Bertz CT molecular complexity index is 579. The SMILES string of the molecule is CCCCCCC(C)NS(=O)(=O)c1cc(N)cc(Cl)c1F. The quantitative estimate of drug-likeness (QED) is 0.561. The van der Waals surface area contributed by atoms with E-state index in [4.69, 9.17) is 17.3 Å². The highest BCUT2D eigenvalue weighted by Gasteiger charge is 2.23. The first-order valence-corrected chi connectivity index (χ1v) is 8.91. The molecule has 120 valence electrons. The van der Waals surface area contributed by atoms with E-state index in [9.17, 15) is 12.8 Å². The molecule has 7 heteroatoms. The average molecular weight is 337 g/mol. The van der Waals surface area contributed by atoms with E-state index in [0.29, 0.717) is 6.42 Å². The van der Waals surface area contributed by atoms with Gasteiger partial charge < -0.3 is 5.73 Å². The number of sulfonamides is 1. The monoisotopic (exact) mass is 336 g/mol. The van der Waals surface area contributed by atoms with Crippen LogP contribution in [-0.2, 0) is 10.0 Å². The Kier molecular flexibility index (Phi) is 6.90. The molecule has 0 bridgehead atoms. The number of nitrogen functional groups attached to an aromatic ring is 1. The molecule has 0 saturated carbocycles. The molecular weight excluding hydrogens is 315 g/mol. The molecule has 0 amide bonds. The predicted molar refractivity (Wildman–Crippen MR) is 84.4 cm³/mol. The highest BCUT2D eigenvalue weighted by atomic mass is 35.5. The Morgan fingerprint density at radius 2 is 2.00 bits per heavy atom. The third kappa shape index (κ3) is 5.45. The van der Waals surface area contributed by atoms with E-state index in [1.54, 1.807) is 6.92 Å². The molecule has 0 heterocycles. The summed E-state index contributed by atoms with van der Waals surface area (Å²) in [5, 5.41) is -0.300. The van der Waals surface area contributed by atoms with Gasteiger partial charge in [0.2, 0.25) is 10.0 Å². The minimum atomic E-state index is -3.97. The van der Waals surface area contributed by atoms with E-state index in [2.05, 4.69) is 11.6 Å². The molecule has 0 fully saturated rings. The van der Waals surface area contributed by atoms with Crippen LogP contribution in [0.2, 0.25) is 5.02 Å². The van der Waals surface area contributed by atoms with Gasteiger partial charge in [-0.2, -0.15) is 0 Å². The Labute approximate surface area is 130 Å². The molecule has 1 atom stereocenters. The van der Waals surface area contributed by atoms with Gasteiger partial charge >= 0.3 is 0 Å². The number of nitrogens with two attached hydrogens (primary N) is 1. The molecule has 0 radical (unpaired) electrons. The fraction of sp³-hybridized carbons (Fsp3) is 0.571. The first-order chi connectivity index (χ1) is 9.77. The fourth-order valence-corrected chi connectivity index (χ4v) is 3.74. The van der Waals surface area contributed by atoms with Crippen molar-refractivity contribution in [2.75, 3.05) is 5.73 Å². The van der Waals surface area contributed by atoms with Gasteiger partial charge in [-0.1, -0.05) is 44.2 Å². The second-order valence-corrected chi connectivity index (χ2v) is 7.28. The van der Waals surface area contributed by atoms with E-state index < -0.39 is 20.7 Å². The van der Waals surface area contributed by atoms with Crippen LogP contribution >= 0.6 is 11.6 Å². The van der Waals surface area contributed by atoms with Crippen molar-refractivity contribution >= 4 is 27.3 Å². The van der Waals surface area contributed by atoms with E-state index in [0.717, 1.165) is 31.7 Å². The number of nitrogens with one attached hydrogen (secondary N) is 1. The Hall–Kier alpha value is -0.850. The lowest BCUT2D eigenvalue weighted by atomic mass is 10.1. The lowest BCUT2D eigenvalue weighted by Gasteiger charge is -2.15. The summed E-state index contributed by atoms with van der Waals surface area (Å²) in [6.07, 6.45) is 4.93. The molecule has 3 N–H and O–H groups in total. The number of anilines is 1. The van der Waals surface area contributed by atoms with Crippen LogP contribution in [0.5, 0.6) is 0 Å². The van der Waals surface area contributed by atoms with Gasteiger partial charge in [-0.05, 0) is 25.5 Å². The topological polar surface area (TPSA) is 72.2 Å². The first kappa shape index (κ1) is 18.2. The summed E-state index contributed by atoms with van der Waals surface area (Å²) in [6, 6.07) is 1.99. The summed E-state index contributed by atoms with van der Waals surface area (Å²) in [7, 11) is -3.97. The van der Waals surface area contributed by atoms with Gasteiger partial charge in [0, 0.05) is 11.7 Å². The van der Waals surface area contributed by atoms with E-state index in [1.165, 1.54) is 6.07 Å². The largest absolute Gasteiger partial charge is 0.399 e. The second-order valence-electron chi connectivity index (χ2n) is 5.19. The molecule has 1 aromatic rings. The van der Waals surface area contributed by atoms with Crippen molar-refractivity contribution in [1.29, 1.82) is 0 Å². The maximum absolute atomic E-state index is 13.9. The van der Waals surface area contributed by atoms with Crippen molar-refractivity contribution in [1.82, 2.24) is 4.72 Å². The van der Waals surface area contributed by atoms with Crippen molar-refractivity contribution in [3.8, 4) is 0 Å². The predicted octanol–water partition coefficient (Wildman–Crippen LogP) is 3.70. The van der Waals surface area contributed by atoms with Crippen LogP contribution in [0, 0.1) is 5.82 Å². The first-order valence-electron chi connectivity index (χ1n) is 7.04. The molecule has 1 rings (SSSR count). The van der Waals surface area contributed by atoms with Crippen molar-refractivity contribution in [2.45, 2.75) is 56.9 Å². The minimum Gasteiger partial charge on any atom is -0.399 e. The van der Waals surface area contributed by atoms with Gasteiger partial charge in [-0.25, -0.2) is 17.5 Å². The lowest BCUT2D eigenvalue weighted by Crippen LogP contribution is -2.33. The number of halogens is 2. The van der Waals surface area contributed by atoms with Crippen molar-refractivity contribution in [3.05, 3.63) is 23.0 Å². The summed E-state index contributed by atoms with van der Waals surface area (Å²) in [4.78, 5) is -0.507. The Balaban J connectivity index is 2.78. The molecule has 0 aromatic heterocycles. The molecule has 0 aliphatic heterocycles. The standard InChI is InChI=1S/C14H22ClFN2O2S/c1-3-4-5-6-7-10(2)18-21(19,20)13-9-11(17)8-12(15)14(13)16/h8-10,18H,3-7,17H2,1-2H3. The van der Waals surface area contributed by atoms with Crippen LogP contribution in [0.25, 0.3) is 0 Å². The zero-order valence-electron chi connectivity index (χ0n) is 12.3. The van der Waals surface area contributed by atoms with Gasteiger partial charge in [0.25, 0.3) is 0 Å². The zero-order valence-corrected chi connectivity index (χ0v) is 13.9. The highest BCUT2D eigenvalue weighted by molar-refractivity contribution is 7.89. The third-order valence-electron chi connectivity index (χ3n) is 3.15. The number of rotatable bonds is 8. The molecule has 0 aliphatic carbocycles. The number of unbranched alkanes of at least 4 members (excludes halogenated alkanes) is 3.